The van der Waals surface area contributed by atoms with Crippen LogP contribution in [0.3, 0.4) is 0 Å². The number of nitrogens with zero attached hydrogens (tertiary/aromatic N) is 2. The van der Waals surface area contributed by atoms with Crippen LogP contribution in [0.5, 0.6) is 0 Å². The van der Waals surface area contributed by atoms with E-state index in [4.69, 9.17) is 4.74 Å². The van der Waals surface area contributed by atoms with E-state index in [1.54, 1.807) is 0 Å². The van der Waals surface area contributed by atoms with E-state index in [0.717, 1.165) is 57.7 Å². The lowest BCUT2D eigenvalue weighted by Gasteiger charge is -2.48. The van der Waals surface area contributed by atoms with Gasteiger partial charge in [0.15, 0.2) is 0 Å². The van der Waals surface area contributed by atoms with Gasteiger partial charge in [0.2, 0.25) is 5.91 Å². The van der Waals surface area contributed by atoms with Gasteiger partial charge in [0.1, 0.15) is 0 Å². The van der Waals surface area contributed by atoms with Crippen molar-refractivity contribution in [3.63, 3.8) is 0 Å². The SMILES string of the molecule is Cl.Cl.O=C(CN1CCC2(CC1)C[C@H](O)C[C@H](c1ccccc1)O2)N1CCNCC1. The van der Waals surface area contributed by atoms with Crippen LogP contribution in [0.15, 0.2) is 30.3 Å². The minimum absolute atomic E-state index is 0. The second-order valence-electron chi connectivity index (χ2n) is 8.20. The summed E-state index contributed by atoms with van der Waals surface area (Å²) < 4.78 is 6.55. The topological polar surface area (TPSA) is 65.0 Å². The van der Waals surface area contributed by atoms with E-state index in [1.807, 2.05) is 23.1 Å². The van der Waals surface area contributed by atoms with Gasteiger partial charge in [0, 0.05) is 52.1 Å². The minimum atomic E-state index is -0.321. The molecule has 3 aliphatic rings. The van der Waals surface area contributed by atoms with Crippen LogP contribution in [0.2, 0.25) is 0 Å². The van der Waals surface area contributed by atoms with Crippen LogP contribution >= 0.6 is 24.8 Å². The van der Waals surface area contributed by atoms with Gasteiger partial charge in [0.05, 0.1) is 24.4 Å². The number of rotatable bonds is 3. The first kappa shape index (κ1) is 24.4. The predicted octanol–water partition coefficient (Wildman–Crippen LogP) is 2.01. The zero-order valence-electron chi connectivity index (χ0n) is 16.8. The molecule has 1 aromatic rings. The Kier molecular flexibility index (Phi) is 9.19. The zero-order valence-corrected chi connectivity index (χ0v) is 18.4. The Labute approximate surface area is 185 Å². The summed E-state index contributed by atoms with van der Waals surface area (Å²) in [5.74, 6) is 0.235. The van der Waals surface area contributed by atoms with Crippen LogP contribution in [-0.4, -0.2) is 78.3 Å². The maximum absolute atomic E-state index is 12.5. The molecule has 3 saturated heterocycles. The highest BCUT2D eigenvalue weighted by Gasteiger charge is 2.43. The van der Waals surface area contributed by atoms with Gasteiger partial charge in [-0.05, 0) is 18.4 Å². The third-order valence-corrected chi connectivity index (χ3v) is 6.25. The number of nitrogens with one attached hydrogen (secondary N) is 1. The van der Waals surface area contributed by atoms with Crippen LogP contribution in [0.25, 0.3) is 0 Å². The summed E-state index contributed by atoms with van der Waals surface area (Å²) in [5.41, 5.74) is 0.888. The molecule has 1 amide bonds. The van der Waals surface area contributed by atoms with Crippen LogP contribution in [0.4, 0.5) is 0 Å². The molecule has 0 saturated carbocycles. The fraction of sp³-hybridized carbons (Fsp3) is 0.667. The number of piperazine rings is 1. The quantitative estimate of drug-likeness (QED) is 0.744. The lowest BCUT2D eigenvalue weighted by atomic mass is 9.81. The van der Waals surface area contributed by atoms with Gasteiger partial charge in [0.25, 0.3) is 0 Å². The van der Waals surface area contributed by atoms with Crippen molar-refractivity contribution in [2.45, 2.75) is 43.5 Å². The van der Waals surface area contributed by atoms with E-state index in [-0.39, 0.29) is 48.5 Å². The van der Waals surface area contributed by atoms with Gasteiger partial charge in [-0.15, -0.1) is 24.8 Å². The second kappa shape index (κ2) is 10.9. The highest BCUT2D eigenvalue weighted by atomic mass is 35.5. The summed E-state index contributed by atoms with van der Waals surface area (Å²) in [6.45, 7) is 5.61. The van der Waals surface area contributed by atoms with Gasteiger partial charge < -0.3 is 20.1 Å². The number of carbonyl (C=O) groups is 1. The molecule has 29 heavy (non-hydrogen) atoms. The number of carbonyl (C=O) groups excluding carboxylic acids is 1. The maximum Gasteiger partial charge on any atom is 0.236 e. The summed E-state index contributed by atoms with van der Waals surface area (Å²) in [6, 6.07) is 10.2. The molecule has 4 rings (SSSR count). The Bertz CT molecular complexity index is 635. The standard InChI is InChI=1S/C21H31N3O3.2ClH/c25-18-14-19(17-4-2-1-3-5-17)27-21(15-18)6-10-23(11-7-21)16-20(26)24-12-8-22-9-13-24;;/h1-5,18-19,22,25H,6-16H2;2*1H/t18-,19-;;/m1../s1. The first-order valence-corrected chi connectivity index (χ1v) is 10.3. The molecule has 0 unspecified atom stereocenters. The third kappa shape index (κ3) is 6.06. The molecule has 0 radical (unpaired) electrons. The third-order valence-electron chi connectivity index (χ3n) is 6.25. The Morgan fingerprint density at radius 1 is 1.10 bits per heavy atom. The lowest BCUT2D eigenvalue weighted by molar-refractivity contribution is -0.185. The van der Waals surface area contributed by atoms with E-state index < -0.39 is 0 Å². The number of amides is 1. The first-order chi connectivity index (χ1) is 13.1. The van der Waals surface area contributed by atoms with Crippen molar-refractivity contribution < 1.29 is 14.6 Å². The first-order valence-electron chi connectivity index (χ1n) is 10.3. The largest absolute Gasteiger partial charge is 0.393 e. The molecular formula is C21H33Cl2N3O3. The monoisotopic (exact) mass is 445 g/mol. The molecule has 0 bridgehead atoms. The summed E-state index contributed by atoms with van der Waals surface area (Å²) in [6.07, 6.45) is 2.76. The van der Waals surface area contributed by atoms with Gasteiger partial charge in [-0.2, -0.15) is 0 Å². The fourth-order valence-corrected chi connectivity index (χ4v) is 4.68. The Morgan fingerprint density at radius 2 is 1.76 bits per heavy atom. The number of likely N-dealkylation sites (tertiary alicyclic amines) is 1. The molecule has 6 nitrogen and oxygen atoms in total. The number of aliphatic hydroxyl groups excluding tert-OH is 1. The van der Waals surface area contributed by atoms with Crippen molar-refractivity contribution in [3.8, 4) is 0 Å². The van der Waals surface area contributed by atoms with E-state index in [9.17, 15) is 9.90 Å². The molecule has 2 atom stereocenters. The smallest absolute Gasteiger partial charge is 0.236 e. The van der Waals surface area contributed by atoms with Crippen molar-refractivity contribution >= 4 is 30.7 Å². The van der Waals surface area contributed by atoms with Crippen LogP contribution in [-0.2, 0) is 9.53 Å². The average Bonchev–Trinajstić information content (AvgIpc) is 2.71. The molecule has 3 fully saturated rings. The molecule has 0 aromatic heterocycles. The minimum Gasteiger partial charge on any atom is -0.393 e. The summed E-state index contributed by atoms with van der Waals surface area (Å²) in [7, 11) is 0. The molecule has 1 aromatic carbocycles. The van der Waals surface area contributed by atoms with Crippen molar-refractivity contribution in [2.24, 2.45) is 0 Å². The molecule has 0 aliphatic carbocycles. The maximum atomic E-state index is 12.5. The van der Waals surface area contributed by atoms with E-state index in [0.29, 0.717) is 19.4 Å². The van der Waals surface area contributed by atoms with Gasteiger partial charge in [-0.1, -0.05) is 30.3 Å². The number of ether oxygens (including phenoxy) is 1. The molecule has 8 heteroatoms. The summed E-state index contributed by atoms with van der Waals surface area (Å²) >= 11 is 0. The fourth-order valence-electron chi connectivity index (χ4n) is 4.68. The molecule has 3 aliphatic heterocycles. The molecule has 3 heterocycles. The predicted molar refractivity (Wildman–Crippen MR) is 118 cm³/mol. The number of hydrogen-bond donors (Lipinski definition) is 2. The summed E-state index contributed by atoms with van der Waals surface area (Å²) in [4.78, 5) is 16.7. The molecule has 1 spiro atoms. The van der Waals surface area contributed by atoms with Crippen molar-refractivity contribution in [3.05, 3.63) is 35.9 Å². The van der Waals surface area contributed by atoms with Crippen LogP contribution < -0.4 is 5.32 Å². The lowest BCUT2D eigenvalue weighted by Crippen LogP contribution is -2.54. The van der Waals surface area contributed by atoms with E-state index >= 15 is 0 Å². The van der Waals surface area contributed by atoms with Crippen molar-refractivity contribution in [1.82, 2.24) is 15.1 Å². The van der Waals surface area contributed by atoms with Gasteiger partial charge in [-0.3, -0.25) is 9.69 Å². The van der Waals surface area contributed by atoms with Crippen molar-refractivity contribution in [2.75, 3.05) is 45.8 Å². The number of piperidine rings is 1. The highest BCUT2D eigenvalue weighted by molar-refractivity contribution is 5.85. The Balaban J connectivity index is 0.00000150. The second-order valence-corrected chi connectivity index (χ2v) is 8.20. The van der Waals surface area contributed by atoms with Gasteiger partial charge >= 0.3 is 0 Å². The van der Waals surface area contributed by atoms with Crippen molar-refractivity contribution in [1.29, 1.82) is 0 Å². The van der Waals surface area contributed by atoms with Gasteiger partial charge in [-0.25, -0.2) is 0 Å². The number of hydrogen-bond acceptors (Lipinski definition) is 5. The highest BCUT2D eigenvalue weighted by Crippen LogP contribution is 2.42. The molecular weight excluding hydrogens is 413 g/mol. The number of aliphatic hydroxyl groups is 1. The number of benzene rings is 1. The van der Waals surface area contributed by atoms with E-state index in [2.05, 4.69) is 22.3 Å². The molecule has 2 N–H and O–H groups in total. The number of halogens is 2. The zero-order chi connectivity index (χ0) is 18.7. The van der Waals surface area contributed by atoms with Crippen LogP contribution in [0, 0.1) is 0 Å². The normalized spacial score (nSPS) is 27.0. The average molecular weight is 446 g/mol. The summed E-state index contributed by atoms with van der Waals surface area (Å²) in [5, 5.41) is 13.8. The molecule has 164 valence electrons. The Hall–Kier alpha value is -0.890. The van der Waals surface area contributed by atoms with Crippen LogP contribution in [0.1, 0.15) is 37.4 Å². The Morgan fingerprint density at radius 3 is 2.41 bits per heavy atom. The van der Waals surface area contributed by atoms with E-state index in [1.165, 1.54) is 0 Å².